The van der Waals surface area contributed by atoms with Crippen LogP contribution in [0.1, 0.15) is 17.9 Å². The smallest absolute Gasteiger partial charge is 0.268 e. The van der Waals surface area contributed by atoms with Crippen molar-refractivity contribution in [2.45, 2.75) is 17.2 Å². The van der Waals surface area contributed by atoms with Gasteiger partial charge in [0.25, 0.3) is 10.0 Å². The first kappa shape index (κ1) is 15.4. The number of likely N-dealkylation sites (tertiary alicyclic amines) is 1. The molecule has 2 heterocycles. The molecule has 1 aliphatic heterocycles. The second-order valence-corrected chi connectivity index (χ2v) is 8.28. The first-order valence-electron chi connectivity index (χ1n) is 8.16. The lowest BCUT2D eigenvalue weighted by Gasteiger charge is -2.09. The number of benzene rings is 2. The number of fused-ring (bicyclic) bond motifs is 1. The van der Waals surface area contributed by atoms with Gasteiger partial charge in [-0.25, -0.2) is 12.4 Å². The van der Waals surface area contributed by atoms with Crippen molar-refractivity contribution in [3.63, 3.8) is 0 Å². The van der Waals surface area contributed by atoms with Gasteiger partial charge >= 0.3 is 0 Å². The summed E-state index contributed by atoms with van der Waals surface area (Å²) in [5, 5.41) is 1.04. The topological polar surface area (TPSA) is 42.3 Å². The third-order valence-electron chi connectivity index (χ3n) is 4.84. The van der Waals surface area contributed by atoms with E-state index in [2.05, 4.69) is 11.9 Å². The molecule has 2 aromatic carbocycles. The number of para-hydroxylation sites is 1. The molecule has 0 bridgehead atoms. The van der Waals surface area contributed by atoms with Crippen LogP contribution >= 0.6 is 0 Å². The Morgan fingerprint density at radius 2 is 1.71 bits per heavy atom. The van der Waals surface area contributed by atoms with E-state index in [1.54, 1.807) is 24.3 Å². The molecule has 1 fully saturated rings. The van der Waals surface area contributed by atoms with Crippen LogP contribution < -0.4 is 0 Å². The maximum atomic E-state index is 13.1. The van der Waals surface area contributed by atoms with E-state index in [1.165, 1.54) is 3.97 Å². The lowest BCUT2D eigenvalue weighted by molar-refractivity contribution is 0.412. The third-order valence-corrected chi connectivity index (χ3v) is 6.53. The Morgan fingerprint density at radius 1 is 1.00 bits per heavy atom. The molecular weight excluding hydrogens is 320 g/mol. The van der Waals surface area contributed by atoms with Crippen LogP contribution in [0.3, 0.4) is 0 Å². The van der Waals surface area contributed by atoms with Crippen molar-refractivity contribution in [3.05, 3.63) is 66.4 Å². The van der Waals surface area contributed by atoms with Crippen LogP contribution in [0.15, 0.2) is 65.7 Å². The van der Waals surface area contributed by atoms with Crippen LogP contribution in [0.4, 0.5) is 0 Å². The number of rotatable bonds is 3. The molecule has 0 radical (unpaired) electrons. The Balaban J connectivity index is 1.91. The second-order valence-electron chi connectivity index (χ2n) is 6.46. The van der Waals surface area contributed by atoms with Gasteiger partial charge in [-0.15, -0.1) is 0 Å². The van der Waals surface area contributed by atoms with Gasteiger partial charge in [-0.1, -0.05) is 36.4 Å². The Bertz CT molecular complexity index is 977. The predicted octanol–water partition coefficient (Wildman–Crippen LogP) is 3.30. The van der Waals surface area contributed by atoms with Crippen molar-refractivity contribution in [2.24, 2.45) is 0 Å². The normalized spacial score (nSPS) is 19.1. The average Bonchev–Trinajstić information content (AvgIpc) is 3.19. The number of nitrogens with zero attached hydrogens (tertiary/aromatic N) is 2. The quantitative estimate of drug-likeness (QED) is 0.735. The van der Waals surface area contributed by atoms with E-state index in [-0.39, 0.29) is 0 Å². The summed E-state index contributed by atoms with van der Waals surface area (Å²) in [6.07, 6.45) is 2.90. The van der Waals surface area contributed by atoms with Crippen molar-refractivity contribution >= 4 is 20.9 Å². The zero-order chi connectivity index (χ0) is 16.7. The van der Waals surface area contributed by atoms with Crippen LogP contribution in [0.2, 0.25) is 0 Å². The largest absolute Gasteiger partial charge is 0.306 e. The monoisotopic (exact) mass is 340 g/mol. The summed E-state index contributed by atoms with van der Waals surface area (Å²) in [6.45, 7) is 2.02. The molecule has 1 aromatic heterocycles. The van der Waals surface area contributed by atoms with E-state index in [4.69, 9.17) is 0 Å². The number of hydrogen-bond donors (Lipinski definition) is 0. The molecule has 0 unspecified atom stereocenters. The van der Waals surface area contributed by atoms with E-state index in [0.717, 1.165) is 36.0 Å². The fourth-order valence-electron chi connectivity index (χ4n) is 3.59. The summed E-state index contributed by atoms with van der Waals surface area (Å²) in [7, 11) is -1.47. The van der Waals surface area contributed by atoms with Crippen molar-refractivity contribution in [1.29, 1.82) is 0 Å². The predicted molar refractivity (Wildman–Crippen MR) is 95.8 cm³/mol. The summed E-state index contributed by atoms with van der Waals surface area (Å²) in [5.74, 6) is 0.382. The van der Waals surface area contributed by atoms with E-state index in [0.29, 0.717) is 10.8 Å². The average molecular weight is 340 g/mol. The minimum absolute atomic E-state index is 0.320. The molecule has 24 heavy (non-hydrogen) atoms. The molecule has 0 amide bonds. The zero-order valence-corrected chi connectivity index (χ0v) is 14.4. The molecular formula is C19H20N2O2S. The van der Waals surface area contributed by atoms with E-state index in [1.807, 2.05) is 36.5 Å². The molecule has 1 atom stereocenters. The molecule has 5 heteroatoms. The maximum absolute atomic E-state index is 13.1. The van der Waals surface area contributed by atoms with Crippen LogP contribution in [0.25, 0.3) is 10.9 Å². The van der Waals surface area contributed by atoms with Gasteiger partial charge in [0.2, 0.25) is 0 Å². The summed E-state index contributed by atoms with van der Waals surface area (Å²) in [5.41, 5.74) is 1.89. The third kappa shape index (κ3) is 2.44. The van der Waals surface area contributed by atoms with Gasteiger partial charge in [-0.05, 0) is 49.7 Å². The minimum Gasteiger partial charge on any atom is -0.306 e. The SMILES string of the molecule is CN1CC[C@H](c2cn(S(=O)(=O)c3ccccc3)c3ccccc23)C1. The van der Waals surface area contributed by atoms with Gasteiger partial charge in [0.1, 0.15) is 0 Å². The first-order valence-corrected chi connectivity index (χ1v) is 9.60. The van der Waals surface area contributed by atoms with Crippen LogP contribution in [-0.4, -0.2) is 37.4 Å². The van der Waals surface area contributed by atoms with Gasteiger partial charge in [-0.2, -0.15) is 0 Å². The highest BCUT2D eigenvalue weighted by Gasteiger charge is 2.27. The minimum atomic E-state index is -3.58. The number of hydrogen-bond acceptors (Lipinski definition) is 3. The summed E-state index contributed by atoms with van der Waals surface area (Å²) < 4.78 is 27.6. The van der Waals surface area contributed by atoms with Crippen molar-refractivity contribution in [3.8, 4) is 0 Å². The molecule has 1 saturated heterocycles. The molecule has 0 saturated carbocycles. The summed E-state index contributed by atoms with van der Waals surface area (Å²) in [4.78, 5) is 2.61. The van der Waals surface area contributed by atoms with E-state index >= 15 is 0 Å². The van der Waals surface area contributed by atoms with Crippen molar-refractivity contribution < 1.29 is 8.42 Å². The molecule has 0 spiro atoms. The molecule has 1 aliphatic rings. The van der Waals surface area contributed by atoms with Crippen LogP contribution in [-0.2, 0) is 10.0 Å². The molecule has 0 N–H and O–H groups in total. The molecule has 4 rings (SSSR count). The van der Waals surface area contributed by atoms with Gasteiger partial charge in [0.05, 0.1) is 10.4 Å². The van der Waals surface area contributed by atoms with Crippen LogP contribution in [0, 0.1) is 0 Å². The maximum Gasteiger partial charge on any atom is 0.268 e. The van der Waals surface area contributed by atoms with Gasteiger partial charge in [-0.3, -0.25) is 0 Å². The lowest BCUT2D eigenvalue weighted by Crippen LogP contribution is -2.13. The highest BCUT2D eigenvalue weighted by molar-refractivity contribution is 7.90. The Labute approximate surface area is 142 Å². The van der Waals surface area contributed by atoms with Gasteiger partial charge < -0.3 is 4.90 Å². The molecule has 0 aliphatic carbocycles. The standard InChI is InChI=1S/C19H20N2O2S/c1-20-12-11-15(13-20)18-14-21(19-10-6-5-9-17(18)19)24(22,23)16-7-3-2-4-8-16/h2-10,14-15H,11-13H2,1H3/t15-/m0/s1. The Morgan fingerprint density at radius 3 is 2.42 bits per heavy atom. The van der Waals surface area contributed by atoms with Crippen LogP contribution in [0.5, 0.6) is 0 Å². The second kappa shape index (κ2) is 5.76. The Hall–Kier alpha value is -2.11. The summed E-state index contributed by atoms with van der Waals surface area (Å²) >= 11 is 0. The number of aromatic nitrogens is 1. The summed E-state index contributed by atoms with van der Waals surface area (Å²) in [6, 6.07) is 16.4. The van der Waals surface area contributed by atoms with Gasteiger partial charge in [0.15, 0.2) is 0 Å². The van der Waals surface area contributed by atoms with Crippen molar-refractivity contribution in [1.82, 2.24) is 8.87 Å². The molecule has 4 nitrogen and oxygen atoms in total. The highest BCUT2D eigenvalue weighted by atomic mass is 32.2. The zero-order valence-electron chi connectivity index (χ0n) is 13.6. The fourth-order valence-corrected chi connectivity index (χ4v) is 4.99. The lowest BCUT2D eigenvalue weighted by atomic mass is 9.98. The molecule has 124 valence electrons. The first-order chi connectivity index (χ1) is 11.6. The number of likely N-dealkylation sites (N-methyl/N-ethyl adjacent to an activating group) is 1. The Kier molecular flexibility index (Phi) is 3.70. The van der Waals surface area contributed by atoms with E-state index < -0.39 is 10.0 Å². The van der Waals surface area contributed by atoms with Crippen molar-refractivity contribution in [2.75, 3.05) is 20.1 Å². The molecule has 3 aromatic rings. The fraction of sp³-hybridized carbons (Fsp3) is 0.263. The van der Waals surface area contributed by atoms with E-state index in [9.17, 15) is 8.42 Å². The van der Waals surface area contributed by atoms with Gasteiger partial charge in [0, 0.05) is 18.1 Å². The highest BCUT2D eigenvalue weighted by Crippen LogP contribution is 2.34.